The Bertz CT molecular complexity index is 2350. The molecular formula is C47H48N2O5. The van der Waals surface area contributed by atoms with Gasteiger partial charge in [0, 0.05) is 34.8 Å². The highest BCUT2D eigenvalue weighted by atomic mass is 16.5. The van der Waals surface area contributed by atoms with Gasteiger partial charge in [-0.2, -0.15) is 0 Å². The first-order valence-corrected chi connectivity index (χ1v) is 18.8. The molecule has 0 fully saturated rings. The summed E-state index contributed by atoms with van der Waals surface area (Å²) in [7, 11) is 0. The van der Waals surface area contributed by atoms with E-state index in [1.54, 1.807) is 9.13 Å². The molecule has 7 heteroatoms. The summed E-state index contributed by atoms with van der Waals surface area (Å²) in [6, 6.07) is 35.5. The van der Waals surface area contributed by atoms with Crippen LogP contribution >= 0.6 is 0 Å². The fourth-order valence-electron chi connectivity index (χ4n) is 7.70. The van der Waals surface area contributed by atoms with Crippen LogP contribution in [0.1, 0.15) is 102 Å². The van der Waals surface area contributed by atoms with Crippen LogP contribution in [0, 0.1) is 5.92 Å². The molecule has 54 heavy (non-hydrogen) atoms. The van der Waals surface area contributed by atoms with Crippen molar-refractivity contribution in [3.8, 4) is 5.88 Å². The maximum absolute atomic E-state index is 13.3. The van der Waals surface area contributed by atoms with E-state index in [0.717, 1.165) is 81.7 Å². The number of benzene rings is 4. The average molecular weight is 721 g/mol. The van der Waals surface area contributed by atoms with Crippen LogP contribution in [-0.4, -0.2) is 32.7 Å². The van der Waals surface area contributed by atoms with Crippen LogP contribution in [-0.2, 0) is 24.1 Å². The van der Waals surface area contributed by atoms with Gasteiger partial charge >= 0.3 is 5.97 Å². The zero-order valence-corrected chi connectivity index (χ0v) is 30.3. The molecule has 2 aromatic heterocycles. The van der Waals surface area contributed by atoms with E-state index in [9.17, 15) is 19.2 Å². The van der Waals surface area contributed by atoms with Crippen LogP contribution < -0.4 is 4.74 Å². The van der Waals surface area contributed by atoms with Crippen LogP contribution in [0.4, 0.5) is 0 Å². The van der Waals surface area contributed by atoms with Crippen molar-refractivity contribution in [2.75, 3.05) is 0 Å². The lowest BCUT2D eigenvalue weighted by Crippen LogP contribution is -2.23. The van der Waals surface area contributed by atoms with Gasteiger partial charge in [0.2, 0.25) is 23.5 Å². The molecule has 0 bridgehead atoms. The Morgan fingerprint density at radius 1 is 0.685 bits per heavy atom. The summed E-state index contributed by atoms with van der Waals surface area (Å²) in [6.07, 6.45) is 7.94. The van der Waals surface area contributed by atoms with Crippen molar-refractivity contribution < 1.29 is 23.9 Å². The molecule has 1 aliphatic carbocycles. The molecular weight excluding hydrogens is 673 g/mol. The molecule has 3 heterocycles. The average Bonchev–Trinajstić information content (AvgIpc) is 3.63. The molecule has 2 aliphatic rings. The van der Waals surface area contributed by atoms with Gasteiger partial charge < -0.3 is 4.74 Å². The van der Waals surface area contributed by atoms with Crippen molar-refractivity contribution in [3.63, 3.8) is 0 Å². The van der Waals surface area contributed by atoms with E-state index in [2.05, 4.69) is 0 Å². The number of nitrogens with zero attached hydrogens (tertiary/aromatic N) is 2. The molecule has 4 aromatic carbocycles. The molecule has 0 saturated heterocycles. The summed E-state index contributed by atoms with van der Waals surface area (Å²) >= 11 is 0. The molecule has 0 N–H and O–H groups in total. The van der Waals surface area contributed by atoms with E-state index < -0.39 is 0 Å². The number of ketones is 1. The van der Waals surface area contributed by atoms with Gasteiger partial charge in [-0.05, 0) is 79.8 Å². The lowest BCUT2D eigenvalue weighted by atomic mass is 9.89. The number of esters is 1. The summed E-state index contributed by atoms with van der Waals surface area (Å²) in [5, 5.41) is 2.03. The molecule has 8 rings (SSSR count). The summed E-state index contributed by atoms with van der Waals surface area (Å²) in [6.45, 7) is 3.96. The summed E-state index contributed by atoms with van der Waals surface area (Å²) in [5.74, 6) is -0.0614. The molecule has 0 saturated carbocycles. The second-order valence-corrected chi connectivity index (χ2v) is 13.9. The first-order valence-electron chi connectivity index (χ1n) is 18.8. The largest absolute Gasteiger partial charge is 0.408 e. The van der Waals surface area contributed by atoms with E-state index in [1.807, 2.05) is 129 Å². The minimum Gasteiger partial charge on any atom is -0.408 e. The Labute approximate surface area is 317 Å². The minimum atomic E-state index is -0.244. The van der Waals surface area contributed by atoms with Gasteiger partial charge in [0.15, 0.2) is 0 Å². The van der Waals surface area contributed by atoms with Crippen molar-refractivity contribution in [3.05, 3.63) is 143 Å². The van der Waals surface area contributed by atoms with Crippen molar-refractivity contribution in [1.82, 2.24) is 9.13 Å². The number of hydrogen-bond donors (Lipinski definition) is 0. The fourth-order valence-corrected chi connectivity index (χ4v) is 7.70. The van der Waals surface area contributed by atoms with Gasteiger partial charge in [-0.25, -0.2) is 4.57 Å². The third-order valence-electron chi connectivity index (χ3n) is 10.2. The summed E-state index contributed by atoms with van der Waals surface area (Å²) in [4.78, 5) is 51.7. The maximum atomic E-state index is 13.3. The number of Topliss-reactive ketones (excluding diaryl/α,β-unsaturated/α-hetero) is 1. The SMILES string of the molecule is C.CCCC(=O)n1c2c(c3ccccc31)CC/C(=C\c1ccccc1)C2=O.CCCC(=O)n1c2c(c3ccccc31)CCC(Cc1ccccc1)C(=O)O2. The van der Waals surface area contributed by atoms with E-state index >= 15 is 0 Å². The molecule has 0 amide bonds. The minimum absolute atomic E-state index is 0. The number of allylic oxidation sites excluding steroid dienone is 1. The van der Waals surface area contributed by atoms with Gasteiger partial charge in [-0.1, -0.05) is 118 Å². The van der Waals surface area contributed by atoms with E-state index in [1.165, 1.54) is 0 Å². The number of para-hydroxylation sites is 2. The summed E-state index contributed by atoms with van der Waals surface area (Å²) < 4.78 is 9.10. The highest BCUT2D eigenvalue weighted by Gasteiger charge is 2.33. The van der Waals surface area contributed by atoms with Gasteiger partial charge in [-0.3, -0.25) is 23.7 Å². The Morgan fingerprint density at radius 3 is 1.89 bits per heavy atom. The van der Waals surface area contributed by atoms with Crippen LogP contribution in [0.5, 0.6) is 5.88 Å². The highest BCUT2D eigenvalue weighted by molar-refractivity contribution is 6.17. The van der Waals surface area contributed by atoms with Gasteiger partial charge in [0.05, 0.1) is 17.0 Å². The van der Waals surface area contributed by atoms with Gasteiger partial charge in [0.1, 0.15) is 5.69 Å². The molecule has 7 nitrogen and oxygen atoms in total. The summed E-state index contributed by atoms with van der Waals surface area (Å²) in [5.41, 5.74) is 7.15. The molecule has 1 aliphatic heterocycles. The van der Waals surface area contributed by atoms with Crippen molar-refractivity contribution in [2.24, 2.45) is 5.92 Å². The maximum Gasteiger partial charge on any atom is 0.315 e. The van der Waals surface area contributed by atoms with Crippen molar-refractivity contribution in [2.45, 2.75) is 79.1 Å². The standard InChI is InChI=1S/C23H23NO3.C23H21NO2.CH4/c1-2-8-21(25)24-20-12-7-6-11-18(20)19-14-13-17(23(26)27-22(19)24)15-16-9-4-3-5-10-16;1-2-8-21(25)24-20-12-7-6-11-18(20)19-14-13-17(23(26)22(19)24)15-16-9-4-3-5-10-16;/h3-7,9-12,17H,2,8,13-15H2,1H3;3-7,9-12,15H,2,8,13-14H2,1H3;1H4/b;17-15+;. The number of aryl methyl sites for hydroxylation is 2. The molecule has 1 unspecified atom stereocenters. The molecule has 1 atom stereocenters. The van der Waals surface area contributed by atoms with Crippen LogP contribution in [0.3, 0.4) is 0 Å². The number of aromatic nitrogens is 2. The number of rotatable bonds is 7. The van der Waals surface area contributed by atoms with Crippen molar-refractivity contribution in [1.29, 1.82) is 0 Å². The molecule has 0 radical (unpaired) electrons. The predicted molar refractivity (Wildman–Crippen MR) is 216 cm³/mol. The van der Waals surface area contributed by atoms with E-state index in [0.29, 0.717) is 37.3 Å². The van der Waals surface area contributed by atoms with Crippen molar-refractivity contribution >= 4 is 51.4 Å². The quantitative estimate of drug-likeness (QED) is 0.121. The Morgan fingerprint density at radius 2 is 1.24 bits per heavy atom. The lowest BCUT2D eigenvalue weighted by Gasteiger charge is -2.17. The van der Waals surface area contributed by atoms with Crippen LogP contribution in [0.25, 0.3) is 27.9 Å². The molecule has 0 spiro atoms. The van der Waals surface area contributed by atoms with Crippen LogP contribution in [0.2, 0.25) is 0 Å². The molecule has 6 aromatic rings. The second-order valence-electron chi connectivity index (χ2n) is 13.9. The Balaban J connectivity index is 0.000000181. The van der Waals surface area contributed by atoms with Gasteiger partial charge in [-0.15, -0.1) is 0 Å². The number of ether oxygens (including phenoxy) is 1. The van der Waals surface area contributed by atoms with E-state index in [4.69, 9.17) is 4.74 Å². The zero-order chi connectivity index (χ0) is 36.9. The second kappa shape index (κ2) is 16.9. The van der Waals surface area contributed by atoms with Crippen LogP contribution in [0.15, 0.2) is 115 Å². The lowest BCUT2D eigenvalue weighted by molar-refractivity contribution is -0.139. The predicted octanol–water partition coefficient (Wildman–Crippen LogP) is 10.7. The zero-order valence-electron chi connectivity index (χ0n) is 30.3. The Kier molecular flexibility index (Phi) is 11.9. The smallest absolute Gasteiger partial charge is 0.315 e. The normalized spacial score (nSPS) is 15.7. The first-order chi connectivity index (χ1) is 25.9. The first kappa shape index (κ1) is 37.9. The number of carbonyl (C=O) groups excluding carboxylic acids is 4. The Hall–Kier alpha value is -5.82. The molecule has 276 valence electrons. The number of carbonyl (C=O) groups is 4. The topological polar surface area (TPSA) is 87.4 Å². The third kappa shape index (κ3) is 7.49. The van der Waals surface area contributed by atoms with Gasteiger partial charge in [0.25, 0.3) is 0 Å². The number of hydrogen-bond acceptors (Lipinski definition) is 5. The fraction of sp³-hybridized carbons (Fsp3) is 0.277. The number of fused-ring (bicyclic) bond motifs is 6. The van der Waals surface area contributed by atoms with E-state index in [-0.39, 0.29) is 36.9 Å². The highest BCUT2D eigenvalue weighted by Crippen LogP contribution is 2.38. The monoisotopic (exact) mass is 720 g/mol. The third-order valence-corrected chi connectivity index (χ3v) is 10.2.